The van der Waals surface area contributed by atoms with E-state index in [0.29, 0.717) is 22.8 Å². The molecule has 1 heterocycles. The van der Waals surface area contributed by atoms with Crippen LogP contribution in [0.1, 0.15) is 5.56 Å². The van der Waals surface area contributed by atoms with Gasteiger partial charge in [-0.2, -0.15) is 0 Å². The first-order valence-electron chi connectivity index (χ1n) is 7.42. The monoisotopic (exact) mass is 362 g/mol. The van der Waals surface area contributed by atoms with Crippen LogP contribution in [0, 0.1) is 0 Å². The van der Waals surface area contributed by atoms with E-state index in [1.54, 1.807) is 12.1 Å². The number of anilines is 1. The minimum atomic E-state index is -0.686. The molecular weight excluding hydrogens is 344 g/mol. The van der Waals surface area contributed by atoms with Gasteiger partial charge in [0.2, 0.25) is 5.75 Å². The molecule has 0 aliphatic carbocycles. The summed E-state index contributed by atoms with van der Waals surface area (Å²) >= 11 is 0. The van der Waals surface area contributed by atoms with Crippen molar-refractivity contribution in [2.45, 2.75) is 0 Å². The van der Waals surface area contributed by atoms with Crippen molar-refractivity contribution in [3.05, 3.63) is 36.1 Å². The second-order valence-electron chi connectivity index (χ2n) is 4.83. The van der Waals surface area contributed by atoms with Gasteiger partial charge in [0.15, 0.2) is 23.9 Å². The summed E-state index contributed by atoms with van der Waals surface area (Å²) in [6, 6.07) is 4.80. The molecule has 0 radical (unpaired) electrons. The lowest BCUT2D eigenvalue weighted by atomic mass is 10.1. The smallest absolute Gasteiger partial charge is 0.331 e. The van der Waals surface area contributed by atoms with Gasteiger partial charge in [-0.25, -0.2) is 4.79 Å². The number of nitrogens with one attached hydrogen (secondary N) is 1. The van der Waals surface area contributed by atoms with Crippen molar-refractivity contribution < 1.29 is 33.1 Å². The maximum Gasteiger partial charge on any atom is 0.331 e. The molecule has 0 bridgehead atoms. The first-order chi connectivity index (χ1) is 12.6. The van der Waals surface area contributed by atoms with Gasteiger partial charge in [-0.05, 0) is 23.8 Å². The van der Waals surface area contributed by atoms with Gasteiger partial charge in [-0.1, -0.05) is 5.16 Å². The van der Waals surface area contributed by atoms with Crippen LogP contribution in [0.2, 0.25) is 0 Å². The summed E-state index contributed by atoms with van der Waals surface area (Å²) in [6.45, 7) is -0.453. The molecule has 0 unspecified atom stereocenters. The van der Waals surface area contributed by atoms with Crippen LogP contribution >= 0.6 is 0 Å². The van der Waals surface area contributed by atoms with E-state index in [0.717, 1.165) is 0 Å². The van der Waals surface area contributed by atoms with Gasteiger partial charge >= 0.3 is 5.97 Å². The Morgan fingerprint density at radius 1 is 1.15 bits per heavy atom. The molecule has 26 heavy (non-hydrogen) atoms. The summed E-state index contributed by atoms with van der Waals surface area (Å²) in [5.41, 5.74) is 0.628. The predicted molar refractivity (Wildman–Crippen MR) is 91.2 cm³/mol. The average molecular weight is 362 g/mol. The maximum atomic E-state index is 11.7. The number of amides is 1. The second-order valence-corrected chi connectivity index (χ2v) is 4.83. The van der Waals surface area contributed by atoms with Crippen LogP contribution in [0.5, 0.6) is 17.2 Å². The van der Waals surface area contributed by atoms with Crippen LogP contribution in [-0.4, -0.2) is 45.0 Å². The highest BCUT2D eigenvalue weighted by Crippen LogP contribution is 2.38. The number of rotatable bonds is 8. The van der Waals surface area contributed by atoms with Crippen molar-refractivity contribution in [2.75, 3.05) is 33.3 Å². The number of ether oxygens (including phenoxy) is 4. The van der Waals surface area contributed by atoms with Crippen LogP contribution in [0.3, 0.4) is 0 Å². The molecule has 1 aromatic carbocycles. The second kappa shape index (κ2) is 9.11. The third-order valence-electron chi connectivity index (χ3n) is 3.15. The predicted octanol–water partition coefficient (Wildman–Crippen LogP) is 1.90. The number of benzene rings is 1. The van der Waals surface area contributed by atoms with E-state index in [-0.39, 0.29) is 5.82 Å². The third kappa shape index (κ3) is 5.00. The molecule has 9 heteroatoms. The number of carbonyl (C=O) groups excluding carboxylic acids is 2. The Kier molecular flexibility index (Phi) is 6.60. The minimum absolute atomic E-state index is 0.235. The Balaban J connectivity index is 1.95. The lowest BCUT2D eigenvalue weighted by Crippen LogP contribution is -2.20. The van der Waals surface area contributed by atoms with Gasteiger partial charge in [0.25, 0.3) is 5.91 Å². The van der Waals surface area contributed by atoms with E-state index >= 15 is 0 Å². The van der Waals surface area contributed by atoms with Crippen molar-refractivity contribution in [2.24, 2.45) is 0 Å². The van der Waals surface area contributed by atoms with Crippen molar-refractivity contribution in [1.82, 2.24) is 5.16 Å². The van der Waals surface area contributed by atoms with Crippen LogP contribution in [0.15, 0.2) is 35.1 Å². The fourth-order valence-electron chi connectivity index (χ4n) is 2.00. The van der Waals surface area contributed by atoms with Gasteiger partial charge < -0.3 is 28.8 Å². The molecule has 0 spiro atoms. The molecule has 1 aromatic heterocycles. The summed E-state index contributed by atoms with van der Waals surface area (Å²) < 4.78 is 25.1. The van der Waals surface area contributed by atoms with Crippen molar-refractivity contribution in [1.29, 1.82) is 0 Å². The van der Waals surface area contributed by atoms with E-state index in [4.69, 9.17) is 18.9 Å². The Morgan fingerprint density at radius 3 is 2.38 bits per heavy atom. The summed E-state index contributed by atoms with van der Waals surface area (Å²) in [7, 11) is 4.48. The molecule has 0 fully saturated rings. The molecule has 0 saturated heterocycles. The lowest BCUT2D eigenvalue weighted by molar-refractivity contribution is -0.142. The van der Waals surface area contributed by atoms with Crippen molar-refractivity contribution in [3.8, 4) is 17.2 Å². The number of aromatic nitrogens is 1. The quantitative estimate of drug-likeness (QED) is 0.560. The van der Waals surface area contributed by atoms with E-state index in [2.05, 4.69) is 15.0 Å². The van der Waals surface area contributed by atoms with Gasteiger partial charge in [-0.15, -0.1) is 0 Å². The fourth-order valence-corrected chi connectivity index (χ4v) is 2.00. The van der Waals surface area contributed by atoms with Gasteiger partial charge in [0.1, 0.15) is 6.26 Å². The number of hydrogen-bond donors (Lipinski definition) is 1. The van der Waals surface area contributed by atoms with E-state index in [1.165, 1.54) is 45.8 Å². The zero-order valence-corrected chi connectivity index (χ0v) is 14.5. The first kappa shape index (κ1) is 18.8. The summed E-state index contributed by atoms with van der Waals surface area (Å²) in [6.07, 6.45) is 3.99. The highest BCUT2D eigenvalue weighted by Gasteiger charge is 2.12. The van der Waals surface area contributed by atoms with E-state index in [1.807, 2.05) is 0 Å². The van der Waals surface area contributed by atoms with Gasteiger partial charge in [0, 0.05) is 12.1 Å². The van der Waals surface area contributed by atoms with Crippen LogP contribution in [0.25, 0.3) is 6.08 Å². The molecule has 0 aliphatic heterocycles. The molecule has 9 nitrogen and oxygen atoms in total. The Morgan fingerprint density at radius 2 is 1.85 bits per heavy atom. The van der Waals surface area contributed by atoms with E-state index in [9.17, 15) is 9.59 Å². The fraction of sp³-hybridized carbons (Fsp3) is 0.235. The Bertz CT molecular complexity index is 759. The number of hydrogen-bond acceptors (Lipinski definition) is 8. The molecule has 2 rings (SSSR count). The molecule has 138 valence electrons. The summed E-state index contributed by atoms with van der Waals surface area (Å²) in [5.74, 6) is 0.361. The van der Waals surface area contributed by atoms with Gasteiger partial charge in [0.05, 0.1) is 21.3 Å². The highest BCUT2D eigenvalue weighted by atomic mass is 16.5. The lowest BCUT2D eigenvalue weighted by Gasteiger charge is -2.12. The Labute approximate surface area is 149 Å². The zero-order chi connectivity index (χ0) is 18.9. The number of carbonyl (C=O) groups is 2. The van der Waals surface area contributed by atoms with Crippen LogP contribution < -0.4 is 19.5 Å². The minimum Gasteiger partial charge on any atom is -0.493 e. The van der Waals surface area contributed by atoms with Crippen LogP contribution in [-0.2, 0) is 14.3 Å². The van der Waals surface area contributed by atoms with Gasteiger partial charge in [-0.3, -0.25) is 4.79 Å². The van der Waals surface area contributed by atoms with Crippen LogP contribution in [0.4, 0.5) is 5.82 Å². The molecule has 1 amide bonds. The summed E-state index contributed by atoms with van der Waals surface area (Å²) in [4.78, 5) is 23.3. The number of esters is 1. The Hall–Kier alpha value is -3.49. The molecular formula is C17H18N2O7. The molecule has 1 N–H and O–H groups in total. The molecule has 0 atom stereocenters. The third-order valence-corrected chi connectivity index (χ3v) is 3.15. The SMILES string of the molecule is COc1cc(/C=C/C(=O)OCC(=O)Nc2ccon2)cc(OC)c1OC. The first-order valence-corrected chi connectivity index (χ1v) is 7.42. The molecule has 0 aliphatic rings. The van der Waals surface area contributed by atoms with Crippen molar-refractivity contribution >= 4 is 23.8 Å². The number of nitrogens with zero attached hydrogens (tertiary/aromatic N) is 1. The molecule has 0 saturated carbocycles. The maximum absolute atomic E-state index is 11.7. The highest BCUT2D eigenvalue weighted by molar-refractivity contribution is 5.94. The number of methoxy groups -OCH3 is 3. The summed E-state index contributed by atoms with van der Waals surface area (Å²) in [5, 5.41) is 5.91. The zero-order valence-electron chi connectivity index (χ0n) is 14.5. The largest absolute Gasteiger partial charge is 0.493 e. The topological polar surface area (TPSA) is 109 Å². The van der Waals surface area contributed by atoms with E-state index < -0.39 is 18.5 Å². The molecule has 2 aromatic rings. The van der Waals surface area contributed by atoms with Crippen molar-refractivity contribution in [3.63, 3.8) is 0 Å². The average Bonchev–Trinajstić information content (AvgIpc) is 3.16. The standard InChI is InChI=1S/C17H18N2O7/c1-22-12-8-11(9-13(23-2)17(12)24-3)4-5-16(21)25-10-15(20)18-14-6-7-26-19-14/h4-9H,10H2,1-3H3,(H,18,19,20)/b5-4+. The normalized spacial score (nSPS) is 10.4.